The maximum Gasteiger partial charge on any atom is 0.472 e. The molecule has 0 aromatic heterocycles. The van der Waals surface area contributed by atoms with Crippen LogP contribution in [0.15, 0.2) is 24.3 Å². The van der Waals surface area contributed by atoms with Crippen molar-refractivity contribution in [2.75, 3.05) is 54.1 Å². The summed E-state index contributed by atoms with van der Waals surface area (Å²) in [5.41, 5.74) is 0. The SMILES string of the molecule is CCCCCCC/C=C\C/C=C\CCCCCCCCCCCCCCCC(=O)OC(COCCCCCCCCCCCCC)COP(=O)(O)OCC[N+](C)(C)C. The number of unbranched alkanes of at least 4 members (excludes halogenated alkanes) is 28. The summed E-state index contributed by atoms with van der Waals surface area (Å²) in [6, 6.07) is 0. The Morgan fingerprint density at radius 3 is 1.40 bits per heavy atom. The van der Waals surface area contributed by atoms with Crippen molar-refractivity contribution < 1.29 is 37.3 Å². The Kier molecular flexibility index (Phi) is 41.9. The third-order valence-electron chi connectivity index (χ3n) is 10.8. The van der Waals surface area contributed by atoms with Gasteiger partial charge in [0.25, 0.3) is 0 Å². The molecule has 0 saturated heterocycles. The van der Waals surface area contributed by atoms with E-state index in [2.05, 4.69) is 38.2 Å². The third kappa shape index (κ3) is 46.1. The lowest BCUT2D eigenvalue weighted by Crippen LogP contribution is -2.37. The van der Waals surface area contributed by atoms with Crippen LogP contribution in [0.2, 0.25) is 0 Å². The molecule has 0 aliphatic rings. The van der Waals surface area contributed by atoms with Gasteiger partial charge in [-0.15, -0.1) is 0 Å². The molecule has 2 atom stereocenters. The van der Waals surface area contributed by atoms with Crippen molar-refractivity contribution in [3.05, 3.63) is 24.3 Å². The molecule has 0 radical (unpaired) electrons. The Morgan fingerprint density at radius 1 is 0.534 bits per heavy atom. The van der Waals surface area contributed by atoms with E-state index in [4.69, 9.17) is 18.5 Å². The second-order valence-corrected chi connectivity index (χ2v) is 19.3. The van der Waals surface area contributed by atoms with Crippen LogP contribution in [0.25, 0.3) is 0 Å². The van der Waals surface area contributed by atoms with E-state index in [1.54, 1.807) is 0 Å². The zero-order valence-corrected chi connectivity index (χ0v) is 39.9. The summed E-state index contributed by atoms with van der Waals surface area (Å²) in [6.07, 6.45) is 49.3. The first-order valence-electron chi connectivity index (χ1n) is 24.6. The molecule has 0 rings (SSSR count). The van der Waals surface area contributed by atoms with Crippen molar-refractivity contribution in [3.8, 4) is 0 Å². The van der Waals surface area contributed by atoms with E-state index in [1.165, 1.54) is 167 Å². The van der Waals surface area contributed by atoms with Crippen LogP contribution in [-0.2, 0) is 27.9 Å². The van der Waals surface area contributed by atoms with Gasteiger partial charge >= 0.3 is 13.8 Å². The minimum Gasteiger partial charge on any atom is -0.457 e. The van der Waals surface area contributed by atoms with Crippen LogP contribution < -0.4 is 0 Å². The Bertz CT molecular complexity index is 983. The van der Waals surface area contributed by atoms with Crippen molar-refractivity contribution in [1.29, 1.82) is 0 Å². The maximum atomic E-state index is 12.7. The summed E-state index contributed by atoms with van der Waals surface area (Å²) < 4.78 is 35.0. The van der Waals surface area contributed by atoms with E-state index in [0.717, 1.165) is 38.5 Å². The predicted molar refractivity (Wildman–Crippen MR) is 247 cm³/mol. The summed E-state index contributed by atoms with van der Waals surface area (Å²) in [5, 5.41) is 0. The van der Waals surface area contributed by atoms with E-state index in [9.17, 15) is 14.3 Å². The van der Waals surface area contributed by atoms with Crippen molar-refractivity contribution >= 4 is 13.8 Å². The minimum atomic E-state index is -4.27. The Balaban J connectivity index is 4.04. The lowest BCUT2D eigenvalue weighted by molar-refractivity contribution is -0.870. The van der Waals surface area contributed by atoms with Crippen LogP contribution in [0.1, 0.15) is 226 Å². The summed E-state index contributed by atoms with van der Waals surface area (Å²) in [5.74, 6) is -0.311. The van der Waals surface area contributed by atoms with Crippen LogP contribution in [-0.4, -0.2) is 75.6 Å². The lowest BCUT2D eigenvalue weighted by Gasteiger charge is -2.24. The fraction of sp³-hybridized carbons (Fsp3) is 0.898. The molecule has 0 aliphatic heterocycles. The molecular weight excluding hydrogens is 746 g/mol. The zero-order chi connectivity index (χ0) is 42.7. The van der Waals surface area contributed by atoms with Crippen LogP contribution >= 0.6 is 7.82 Å². The smallest absolute Gasteiger partial charge is 0.457 e. The van der Waals surface area contributed by atoms with Gasteiger partial charge in [0.15, 0.2) is 0 Å². The normalized spacial score (nSPS) is 13.8. The molecule has 2 unspecified atom stereocenters. The number of rotatable bonds is 46. The molecule has 0 aromatic rings. The van der Waals surface area contributed by atoms with Gasteiger partial charge in [0.05, 0.1) is 34.4 Å². The fourth-order valence-corrected chi connectivity index (χ4v) is 7.68. The van der Waals surface area contributed by atoms with Gasteiger partial charge in [-0.25, -0.2) is 4.57 Å². The topological polar surface area (TPSA) is 91.3 Å². The fourth-order valence-electron chi connectivity index (χ4n) is 6.94. The number of esters is 1. The van der Waals surface area contributed by atoms with E-state index in [1.807, 2.05) is 21.1 Å². The van der Waals surface area contributed by atoms with Gasteiger partial charge in [0.2, 0.25) is 0 Å². The van der Waals surface area contributed by atoms with E-state index in [0.29, 0.717) is 24.1 Å². The number of hydrogen-bond acceptors (Lipinski definition) is 6. The predicted octanol–water partition coefficient (Wildman–Crippen LogP) is 14.8. The standard InChI is InChI=1S/C49H96NO7P/c1-6-8-10-12-14-16-18-19-20-21-22-23-24-25-26-27-28-29-30-31-32-34-36-38-40-42-49(51)57-48(47-56-58(52,53)55-45-43-50(3,4)5)46-54-44-41-39-37-35-33-17-15-13-11-9-7-2/h18-19,21-22,48H,6-17,20,23-47H2,1-5H3/p+1/b19-18-,22-21-. The van der Waals surface area contributed by atoms with Crippen LogP contribution in [0.4, 0.5) is 0 Å². The molecule has 0 aromatic carbocycles. The van der Waals surface area contributed by atoms with Crippen molar-refractivity contribution in [1.82, 2.24) is 0 Å². The van der Waals surface area contributed by atoms with Gasteiger partial charge in [-0.2, -0.15) is 0 Å². The maximum absolute atomic E-state index is 12.7. The number of phosphoric ester groups is 1. The molecule has 58 heavy (non-hydrogen) atoms. The highest BCUT2D eigenvalue weighted by Gasteiger charge is 2.26. The number of hydrogen-bond donors (Lipinski definition) is 1. The number of likely N-dealkylation sites (N-methyl/N-ethyl adjacent to an activating group) is 1. The first-order chi connectivity index (χ1) is 28.1. The lowest BCUT2D eigenvalue weighted by atomic mass is 10.0. The first kappa shape index (κ1) is 57.0. The number of phosphoric acid groups is 1. The molecule has 0 spiro atoms. The number of carbonyl (C=O) groups is 1. The van der Waals surface area contributed by atoms with Crippen molar-refractivity contribution in [2.45, 2.75) is 232 Å². The van der Waals surface area contributed by atoms with Gasteiger partial charge in [-0.3, -0.25) is 13.8 Å². The molecule has 9 heteroatoms. The number of allylic oxidation sites excluding steroid dienone is 4. The van der Waals surface area contributed by atoms with E-state index in [-0.39, 0.29) is 25.8 Å². The molecule has 0 bridgehead atoms. The number of nitrogens with zero attached hydrogens (tertiary/aromatic N) is 1. The second-order valence-electron chi connectivity index (χ2n) is 17.9. The minimum absolute atomic E-state index is 0.0909. The average Bonchev–Trinajstić information content (AvgIpc) is 3.18. The summed E-state index contributed by atoms with van der Waals surface area (Å²) in [4.78, 5) is 22.9. The molecule has 344 valence electrons. The highest BCUT2D eigenvalue weighted by molar-refractivity contribution is 7.47. The van der Waals surface area contributed by atoms with E-state index < -0.39 is 13.9 Å². The van der Waals surface area contributed by atoms with E-state index >= 15 is 0 Å². The molecule has 0 saturated carbocycles. The molecular formula is C49H97NO7P+. The molecule has 0 fully saturated rings. The van der Waals surface area contributed by atoms with Gasteiger partial charge in [0, 0.05) is 13.0 Å². The highest BCUT2D eigenvalue weighted by atomic mass is 31.2. The van der Waals surface area contributed by atoms with Gasteiger partial charge in [-0.05, 0) is 44.9 Å². The summed E-state index contributed by atoms with van der Waals surface area (Å²) in [6.45, 7) is 5.64. The summed E-state index contributed by atoms with van der Waals surface area (Å²) >= 11 is 0. The van der Waals surface area contributed by atoms with Gasteiger partial charge in [-0.1, -0.05) is 199 Å². The van der Waals surface area contributed by atoms with Crippen LogP contribution in [0.5, 0.6) is 0 Å². The average molecular weight is 843 g/mol. The third-order valence-corrected chi connectivity index (χ3v) is 11.7. The quantitative estimate of drug-likeness (QED) is 0.0215. The summed E-state index contributed by atoms with van der Waals surface area (Å²) in [7, 11) is 1.68. The number of quaternary nitrogens is 1. The first-order valence-corrected chi connectivity index (χ1v) is 26.1. The van der Waals surface area contributed by atoms with Gasteiger partial charge < -0.3 is 18.9 Å². The molecule has 1 N–H and O–H groups in total. The van der Waals surface area contributed by atoms with Gasteiger partial charge in [0.1, 0.15) is 19.3 Å². The van der Waals surface area contributed by atoms with Crippen molar-refractivity contribution in [2.24, 2.45) is 0 Å². The Labute approximate surface area is 360 Å². The largest absolute Gasteiger partial charge is 0.472 e. The van der Waals surface area contributed by atoms with Crippen molar-refractivity contribution in [3.63, 3.8) is 0 Å². The second kappa shape index (κ2) is 42.7. The highest BCUT2D eigenvalue weighted by Crippen LogP contribution is 2.43. The molecule has 0 amide bonds. The molecule has 0 aliphatic carbocycles. The zero-order valence-electron chi connectivity index (χ0n) is 39.0. The van der Waals surface area contributed by atoms with Crippen LogP contribution in [0, 0.1) is 0 Å². The monoisotopic (exact) mass is 843 g/mol. The Hall–Kier alpha value is -1.02. The number of ether oxygens (including phenoxy) is 2. The number of carbonyl (C=O) groups excluding carboxylic acids is 1. The molecule has 8 nitrogen and oxygen atoms in total. The Morgan fingerprint density at radius 2 is 0.948 bits per heavy atom. The molecule has 0 heterocycles. The van der Waals surface area contributed by atoms with Crippen LogP contribution in [0.3, 0.4) is 0 Å².